The van der Waals surface area contributed by atoms with E-state index in [9.17, 15) is 18.4 Å². The third-order valence-electron chi connectivity index (χ3n) is 4.21. The first-order valence-electron chi connectivity index (χ1n) is 7.60. The second-order valence-electron chi connectivity index (χ2n) is 5.79. The molecule has 4 rings (SSSR count). The lowest BCUT2D eigenvalue weighted by molar-refractivity contribution is -0.123. The summed E-state index contributed by atoms with van der Waals surface area (Å²) in [6.45, 7) is 0.316. The Morgan fingerprint density at radius 3 is 2.44 bits per heavy atom. The number of benzene rings is 2. The van der Waals surface area contributed by atoms with Gasteiger partial charge in [-0.05, 0) is 17.7 Å². The summed E-state index contributed by atoms with van der Waals surface area (Å²) >= 11 is 0. The van der Waals surface area contributed by atoms with E-state index in [1.165, 1.54) is 11.1 Å². The van der Waals surface area contributed by atoms with Crippen LogP contribution in [0, 0.1) is 11.6 Å². The molecule has 2 amide bonds. The van der Waals surface area contributed by atoms with Gasteiger partial charge < -0.3 is 0 Å². The van der Waals surface area contributed by atoms with Crippen molar-refractivity contribution in [2.45, 2.75) is 18.6 Å². The molecule has 0 aromatic heterocycles. The van der Waals surface area contributed by atoms with Gasteiger partial charge in [-0.1, -0.05) is 35.6 Å². The van der Waals surface area contributed by atoms with E-state index in [0.717, 1.165) is 22.6 Å². The van der Waals surface area contributed by atoms with Gasteiger partial charge in [0, 0.05) is 6.07 Å². The van der Waals surface area contributed by atoms with Gasteiger partial charge in [0.15, 0.2) is 23.7 Å². The van der Waals surface area contributed by atoms with Crippen LogP contribution in [0.1, 0.15) is 5.56 Å². The Labute approximate surface area is 141 Å². The number of carbonyl (C=O) groups excluding carboxylic acids is 2. The van der Waals surface area contributed by atoms with Gasteiger partial charge in [-0.15, -0.1) is 0 Å². The number of anilines is 1. The first kappa shape index (κ1) is 15.4. The zero-order valence-electron chi connectivity index (χ0n) is 12.8. The molecule has 1 saturated heterocycles. The number of halogens is 2. The van der Waals surface area contributed by atoms with Gasteiger partial charge in [0.25, 0.3) is 11.8 Å². The first-order chi connectivity index (χ1) is 12.1. The summed E-state index contributed by atoms with van der Waals surface area (Å²) in [4.78, 5) is 26.1. The molecule has 0 saturated carbocycles. The maximum Gasteiger partial charge on any atom is 0.263 e. The molecule has 0 radical (unpaired) electrons. The molecule has 0 spiro atoms. The van der Waals surface area contributed by atoms with E-state index in [0.29, 0.717) is 6.54 Å². The summed E-state index contributed by atoms with van der Waals surface area (Å²) in [6, 6.07) is 10.4. The smallest absolute Gasteiger partial charge is 0.263 e. The van der Waals surface area contributed by atoms with E-state index in [-0.39, 0.29) is 5.69 Å². The molecule has 8 heteroatoms. The predicted octanol–water partition coefficient (Wildman–Crippen LogP) is 2.46. The number of hydrogen-bond acceptors (Lipinski definition) is 5. The van der Waals surface area contributed by atoms with Crippen LogP contribution in [-0.2, 0) is 16.1 Å². The molecule has 2 aliphatic rings. The summed E-state index contributed by atoms with van der Waals surface area (Å²) in [5.41, 5.74) is 0.895. The number of nitrogens with zero attached hydrogens (tertiary/aromatic N) is 4. The normalized spacial score (nSPS) is 22.0. The van der Waals surface area contributed by atoms with Crippen LogP contribution in [0.5, 0.6) is 0 Å². The molecule has 2 aliphatic heterocycles. The van der Waals surface area contributed by atoms with Crippen molar-refractivity contribution in [1.82, 2.24) is 5.01 Å². The van der Waals surface area contributed by atoms with E-state index >= 15 is 0 Å². The molecule has 2 atom stereocenters. The average Bonchev–Trinajstić information content (AvgIpc) is 3.12. The molecule has 126 valence electrons. The zero-order chi connectivity index (χ0) is 17.6. The number of fused-ring (bicyclic) bond motifs is 1. The Balaban J connectivity index is 1.62. The molecule has 2 aromatic carbocycles. The monoisotopic (exact) mass is 342 g/mol. The Morgan fingerprint density at radius 2 is 1.72 bits per heavy atom. The lowest BCUT2D eigenvalue weighted by Crippen LogP contribution is -2.39. The van der Waals surface area contributed by atoms with Gasteiger partial charge in [-0.2, -0.15) is 5.11 Å². The lowest BCUT2D eigenvalue weighted by atomic mass is 10.1. The van der Waals surface area contributed by atoms with Crippen molar-refractivity contribution in [1.29, 1.82) is 0 Å². The van der Waals surface area contributed by atoms with Crippen LogP contribution in [0.25, 0.3) is 0 Å². The molecule has 6 nitrogen and oxygen atoms in total. The summed E-state index contributed by atoms with van der Waals surface area (Å²) < 4.78 is 26.6. The van der Waals surface area contributed by atoms with Gasteiger partial charge in [0.1, 0.15) is 0 Å². The Morgan fingerprint density at radius 1 is 0.960 bits per heavy atom. The molecule has 2 unspecified atom stereocenters. The third kappa shape index (κ3) is 2.46. The highest BCUT2D eigenvalue weighted by molar-refractivity contribution is 6.25. The fraction of sp³-hybridized carbons (Fsp3) is 0.176. The number of rotatable bonds is 3. The van der Waals surface area contributed by atoms with Crippen LogP contribution < -0.4 is 4.90 Å². The van der Waals surface area contributed by atoms with E-state index in [4.69, 9.17) is 0 Å². The molecule has 0 bridgehead atoms. The van der Waals surface area contributed by atoms with E-state index < -0.39 is 35.5 Å². The van der Waals surface area contributed by atoms with Crippen molar-refractivity contribution >= 4 is 17.5 Å². The molecule has 0 N–H and O–H groups in total. The molecule has 25 heavy (non-hydrogen) atoms. The van der Waals surface area contributed by atoms with E-state index in [1.54, 1.807) is 0 Å². The van der Waals surface area contributed by atoms with Crippen molar-refractivity contribution in [2.75, 3.05) is 4.90 Å². The summed E-state index contributed by atoms with van der Waals surface area (Å²) in [5.74, 6) is -3.33. The van der Waals surface area contributed by atoms with Crippen molar-refractivity contribution in [3.63, 3.8) is 0 Å². The third-order valence-corrected chi connectivity index (χ3v) is 4.21. The Bertz CT molecular complexity index is 887. The minimum atomic E-state index is -1.13. The standard InChI is InChI=1S/C17H12F2N4O2/c18-12-7-6-11(8-13(12)19)23-16(24)14-15(17(23)25)22(21-20-14)9-10-4-2-1-3-5-10/h1-8,14-15H,9H2. The van der Waals surface area contributed by atoms with Crippen LogP contribution >= 0.6 is 0 Å². The maximum absolute atomic E-state index is 13.5. The molecule has 2 heterocycles. The van der Waals surface area contributed by atoms with Crippen LogP contribution in [0.2, 0.25) is 0 Å². The summed E-state index contributed by atoms with van der Waals surface area (Å²) in [7, 11) is 0. The minimum absolute atomic E-state index is 0.0156. The second-order valence-corrected chi connectivity index (χ2v) is 5.79. The number of amides is 2. The number of imide groups is 1. The molecular formula is C17H12F2N4O2. The summed E-state index contributed by atoms with van der Waals surface area (Å²) in [5, 5.41) is 9.27. The molecule has 2 aromatic rings. The predicted molar refractivity (Wildman–Crippen MR) is 83.3 cm³/mol. The van der Waals surface area contributed by atoms with E-state index in [2.05, 4.69) is 10.3 Å². The average molecular weight is 342 g/mol. The quantitative estimate of drug-likeness (QED) is 0.805. The van der Waals surface area contributed by atoms with Gasteiger partial charge >= 0.3 is 0 Å². The molecule has 0 aliphatic carbocycles. The Hall–Kier alpha value is -3.16. The van der Waals surface area contributed by atoms with Crippen molar-refractivity contribution in [3.8, 4) is 0 Å². The summed E-state index contributed by atoms with van der Waals surface area (Å²) in [6.07, 6.45) is 0. The first-order valence-corrected chi connectivity index (χ1v) is 7.60. The zero-order valence-corrected chi connectivity index (χ0v) is 12.8. The topological polar surface area (TPSA) is 65.3 Å². The SMILES string of the molecule is O=C1C2N=NN(Cc3ccccc3)C2C(=O)N1c1ccc(F)c(F)c1. The van der Waals surface area contributed by atoms with Gasteiger partial charge in [0.05, 0.1) is 12.2 Å². The van der Waals surface area contributed by atoms with Crippen LogP contribution in [0.15, 0.2) is 58.9 Å². The largest absolute Gasteiger partial charge is 0.271 e. The molecular weight excluding hydrogens is 330 g/mol. The number of hydrogen-bond donors (Lipinski definition) is 0. The molecule has 1 fully saturated rings. The van der Waals surface area contributed by atoms with E-state index in [1.807, 2.05) is 30.3 Å². The highest BCUT2D eigenvalue weighted by Gasteiger charge is 2.54. The van der Waals surface area contributed by atoms with Gasteiger partial charge in [-0.3, -0.25) is 14.6 Å². The van der Waals surface area contributed by atoms with Gasteiger partial charge in [0.2, 0.25) is 0 Å². The number of carbonyl (C=O) groups is 2. The van der Waals surface area contributed by atoms with Crippen molar-refractivity contribution in [2.24, 2.45) is 10.3 Å². The Kier molecular flexibility index (Phi) is 3.52. The van der Waals surface area contributed by atoms with Crippen LogP contribution in [-0.4, -0.2) is 28.9 Å². The highest BCUT2D eigenvalue weighted by Crippen LogP contribution is 2.33. The second kappa shape index (κ2) is 5.73. The minimum Gasteiger partial charge on any atom is -0.271 e. The van der Waals surface area contributed by atoms with Crippen molar-refractivity contribution < 1.29 is 18.4 Å². The highest BCUT2D eigenvalue weighted by atomic mass is 19.2. The van der Waals surface area contributed by atoms with Gasteiger partial charge in [-0.25, -0.2) is 13.7 Å². The lowest BCUT2D eigenvalue weighted by Gasteiger charge is -2.20. The van der Waals surface area contributed by atoms with Crippen LogP contribution in [0.4, 0.5) is 14.5 Å². The van der Waals surface area contributed by atoms with Crippen LogP contribution in [0.3, 0.4) is 0 Å². The van der Waals surface area contributed by atoms with Crippen molar-refractivity contribution in [3.05, 3.63) is 65.7 Å². The fourth-order valence-electron chi connectivity index (χ4n) is 3.00. The fourth-order valence-corrected chi connectivity index (χ4v) is 3.00. The maximum atomic E-state index is 13.5.